The molecule has 6 N–H and O–H groups in total. The minimum Gasteiger partial charge on any atom is -0.480 e. The van der Waals surface area contributed by atoms with Gasteiger partial charge in [0.15, 0.2) is 0 Å². The summed E-state index contributed by atoms with van der Waals surface area (Å²) in [7, 11) is 0. The molecule has 0 saturated heterocycles. The number of aliphatic hydroxyl groups excluding tert-OH is 1. The van der Waals surface area contributed by atoms with E-state index >= 15 is 0 Å². The monoisotopic (exact) mass is 303 g/mol. The summed E-state index contributed by atoms with van der Waals surface area (Å²) in [5.41, 5.74) is 5.44. The van der Waals surface area contributed by atoms with Crippen LogP contribution in [0.3, 0.4) is 0 Å². The standard InChI is InChI=1S/C13H25N3O5/c1-6(2)5-9(13(20)21)16-11(18)7(3)15-12(19)10(14)8(4)17/h6-10,17H,5,14H2,1-4H3,(H,15,19)(H,16,18)(H,20,21)/t7-,8+,9-,10-/m0/s1. The number of nitrogens with one attached hydrogen (secondary N) is 2. The van der Waals surface area contributed by atoms with Crippen molar-refractivity contribution in [3.63, 3.8) is 0 Å². The van der Waals surface area contributed by atoms with Crippen molar-refractivity contribution in [1.29, 1.82) is 0 Å². The molecule has 0 aromatic heterocycles. The summed E-state index contributed by atoms with van der Waals surface area (Å²) in [6.07, 6.45) is -0.762. The number of nitrogens with two attached hydrogens (primary N) is 1. The molecule has 0 radical (unpaired) electrons. The maximum absolute atomic E-state index is 11.9. The van der Waals surface area contributed by atoms with Crippen molar-refractivity contribution in [2.24, 2.45) is 11.7 Å². The van der Waals surface area contributed by atoms with E-state index in [-0.39, 0.29) is 12.3 Å². The van der Waals surface area contributed by atoms with Gasteiger partial charge >= 0.3 is 5.97 Å². The number of carbonyl (C=O) groups is 3. The van der Waals surface area contributed by atoms with Crippen LogP contribution in [0.1, 0.15) is 34.1 Å². The summed E-state index contributed by atoms with van der Waals surface area (Å²) in [4.78, 5) is 34.5. The third kappa shape index (κ3) is 7.05. The quantitative estimate of drug-likeness (QED) is 0.382. The first-order valence-electron chi connectivity index (χ1n) is 6.83. The number of carbonyl (C=O) groups excluding carboxylic acids is 2. The molecule has 0 aliphatic heterocycles. The summed E-state index contributed by atoms with van der Waals surface area (Å²) >= 11 is 0. The number of hydrogen-bond acceptors (Lipinski definition) is 5. The zero-order valence-corrected chi connectivity index (χ0v) is 12.8. The Labute approximate surface area is 124 Å². The molecule has 0 spiro atoms. The molecule has 0 saturated carbocycles. The lowest BCUT2D eigenvalue weighted by Crippen LogP contribution is -2.55. The highest BCUT2D eigenvalue weighted by atomic mass is 16.4. The van der Waals surface area contributed by atoms with E-state index in [2.05, 4.69) is 10.6 Å². The summed E-state index contributed by atoms with van der Waals surface area (Å²) in [5, 5.41) is 22.9. The highest BCUT2D eigenvalue weighted by molar-refractivity contribution is 5.91. The summed E-state index contributed by atoms with van der Waals surface area (Å²) in [5.74, 6) is -2.33. The van der Waals surface area contributed by atoms with Gasteiger partial charge in [-0.1, -0.05) is 13.8 Å². The maximum Gasteiger partial charge on any atom is 0.326 e. The Bertz CT molecular complexity index is 384. The van der Waals surface area contributed by atoms with Crippen molar-refractivity contribution < 1.29 is 24.6 Å². The molecule has 21 heavy (non-hydrogen) atoms. The molecule has 0 aliphatic carbocycles. The fourth-order valence-electron chi connectivity index (χ4n) is 1.58. The van der Waals surface area contributed by atoms with Crippen molar-refractivity contribution in [3.05, 3.63) is 0 Å². The molecule has 0 bridgehead atoms. The highest BCUT2D eigenvalue weighted by Crippen LogP contribution is 2.05. The van der Waals surface area contributed by atoms with Crippen LogP contribution < -0.4 is 16.4 Å². The van der Waals surface area contributed by atoms with E-state index in [4.69, 9.17) is 10.8 Å². The number of aliphatic carboxylic acids is 1. The highest BCUT2D eigenvalue weighted by Gasteiger charge is 2.26. The zero-order valence-electron chi connectivity index (χ0n) is 12.8. The lowest BCUT2D eigenvalue weighted by atomic mass is 10.0. The van der Waals surface area contributed by atoms with E-state index in [0.717, 1.165) is 0 Å². The minimum absolute atomic E-state index is 0.0972. The molecule has 2 amide bonds. The van der Waals surface area contributed by atoms with Crippen LogP contribution in [0.25, 0.3) is 0 Å². The van der Waals surface area contributed by atoms with Crippen LogP contribution in [0.5, 0.6) is 0 Å². The molecule has 122 valence electrons. The predicted molar refractivity (Wildman–Crippen MR) is 76.3 cm³/mol. The third-order valence-corrected chi connectivity index (χ3v) is 2.90. The first-order valence-corrected chi connectivity index (χ1v) is 6.83. The van der Waals surface area contributed by atoms with Crippen LogP contribution >= 0.6 is 0 Å². The molecule has 0 aromatic rings. The Morgan fingerprint density at radius 2 is 1.57 bits per heavy atom. The number of rotatable bonds is 8. The van der Waals surface area contributed by atoms with Gasteiger partial charge in [-0.15, -0.1) is 0 Å². The van der Waals surface area contributed by atoms with Crippen molar-refractivity contribution >= 4 is 17.8 Å². The Morgan fingerprint density at radius 1 is 1.05 bits per heavy atom. The van der Waals surface area contributed by atoms with Gasteiger partial charge < -0.3 is 26.6 Å². The van der Waals surface area contributed by atoms with Crippen LogP contribution in [0, 0.1) is 5.92 Å². The smallest absolute Gasteiger partial charge is 0.326 e. The average Bonchev–Trinajstić information content (AvgIpc) is 2.35. The zero-order chi connectivity index (χ0) is 16.7. The minimum atomic E-state index is -1.15. The van der Waals surface area contributed by atoms with E-state index < -0.39 is 42.0 Å². The SMILES string of the molecule is CC(C)C[C@H](NC(=O)[C@H](C)NC(=O)[C@@H](N)[C@@H](C)O)C(=O)O. The Balaban J connectivity index is 4.56. The lowest BCUT2D eigenvalue weighted by Gasteiger charge is -2.21. The van der Waals surface area contributed by atoms with Gasteiger partial charge in [0.1, 0.15) is 18.1 Å². The third-order valence-electron chi connectivity index (χ3n) is 2.90. The maximum atomic E-state index is 11.9. The van der Waals surface area contributed by atoms with Gasteiger partial charge in [-0.25, -0.2) is 4.79 Å². The first kappa shape index (κ1) is 19.3. The molecule has 8 nitrogen and oxygen atoms in total. The number of carboxylic acids is 1. The molecule has 0 aliphatic rings. The van der Waals surface area contributed by atoms with Gasteiger partial charge in [0, 0.05) is 0 Å². The molecule has 0 heterocycles. The van der Waals surface area contributed by atoms with Crippen molar-refractivity contribution in [3.8, 4) is 0 Å². The lowest BCUT2D eigenvalue weighted by molar-refractivity contribution is -0.142. The summed E-state index contributed by atoms with van der Waals surface area (Å²) in [6, 6.07) is -3.11. The normalized spacial score (nSPS) is 16.7. The van der Waals surface area contributed by atoms with Crippen LogP contribution in [-0.2, 0) is 14.4 Å². The Hall–Kier alpha value is -1.67. The van der Waals surface area contributed by atoms with E-state index in [1.165, 1.54) is 13.8 Å². The molecule has 0 rings (SSSR count). The molecule has 0 aromatic carbocycles. The Kier molecular flexibility index (Phi) is 7.90. The van der Waals surface area contributed by atoms with Crippen LogP contribution in [0.4, 0.5) is 0 Å². The van der Waals surface area contributed by atoms with E-state index in [1.807, 2.05) is 13.8 Å². The molecule has 4 atom stereocenters. The molecule has 8 heteroatoms. The number of hydrogen-bond donors (Lipinski definition) is 5. The molecular formula is C13H25N3O5. The Morgan fingerprint density at radius 3 is 1.95 bits per heavy atom. The van der Waals surface area contributed by atoms with Gasteiger partial charge in [-0.3, -0.25) is 9.59 Å². The van der Waals surface area contributed by atoms with Gasteiger partial charge in [-0.05, 0) is 26.2 Å². The van der Waals surface area contributed by atoms with Gasteiger partial charge in [-0.2, -0.15) is 0 Å². The molecular weight excluding hydrogens is 278 g/mol. The summed E-state index contributed by atoms with van der Waals surface area (Å²) in [6.45, 7) is 6.46. The van der Waals surface area contributed by atoms with Gasteiger partial charge in [0.05, 0.1) is 6.10 Å². The topological polar surface area (TPSA) is 142 Å². The predicted octanol–water partition coefficient (Wildman–Crippen LogP) is -1.19. The van der Waals surface area contributed by atoms with E-state index in [9.17, 15) is 19.5 Å². The first-order chi connectivity index (χ1) is 9.56. The van der Waals surface area contributed by atoms with Crippen LogP contribution in [0.15, 0.2) is 0 Å². The fraction of sp³-hybridized carbons (Fsp3) is 0.769. The van der Waals surface area contributed by atoms with Crippen LogP contribution in [-0.4, -0.2) is 52.2 Å². The molecule has 0 unspecified atom stereocenters. The van der Waals surface area contributed by atoms with Gasteiger partial charge in [0.2, 0.25) is 11.8 Å². The van der Waals surface area contributed by atoms with Crippen molar-refractivity contribution in [1.82, 2.24) is 10.6 Å². The summed E-state index contributed by atoms with van der Waals surface area (Å²) < 4.78 is 0. The van der Waals surface area contributed by atoms with E-state index in [0.29, 0.717) is 0 Å². The van der Waals surface area contributed by atoms with E-state index in [1.54, 1.807) is 0 Å². The second-order valence-electron chi connectivity index (χ2n) is 5.53. The molecule has 0 fully saturated rings. The van der Waals surface area contributed by atoms with Crippen LogP contribution in [0.2, 0.25) is 0 Å². The van der Waals surface area contributed by atoms with Crippen molar-refractivity contribution in [2.75, 3.05) is 0 Å². The van der Waals surface area contributed by atoms with Crippen molar-refractivity contribution in [2.45, 2.75) is 58.3 Å². The number of aliphatic hydroxyl groups is 1. The van der Waals surface area contributed by atoms with Gasteiger partial charge in [0.25, 0.3) is 0 Å². The largest absolute Gasteiger partial charge is 0.480 e. The fourth-order valence-corrected chi connectivity index (χ4v) is 1.58. The average molecular weight is 303 g/mol. The number of amides is 2. The number of carboxylic acid groups (broad SMARTS) is 1. The second-order valence-corrected chi connectivity index (χ2v) is 5.53. The second kappa shape index (κ2) is 8.58.